The number of halogens is 2. The van der Waals surface area contributed by atoms with Gasteiger partial charge in [0.15, 0.2) is 5.65 Å². The van der Waals surface area contributed by atoms with E-state index in [9.17, 15) is 0 Å². The number of fused-ring (bicyclic) bond motifs is 1. The molecule has 0 saturated heterocycles. The average molecular weight is 323 g/mol. The van der Waals surface area contributed by atoms with Crippen molar-refractivity contribution in [3.8, 4) is 5.69 Å². The van der Waals surface area contributed by atoms with Crippen LogP contribution < -0.4 is 0 Å². The molecule has 0 bridgehead atoms. The number of pyridine rings is 1. The molecule has 3 nitrogen and oxygen atoms in total. The SMILES string of the molecule is Cc1cnc2nn(-c3cccc(Br)c3Cl)cc2c1. The smallest absolute Gasteiger partial charge is 0.181 e. The second-order valence-corrected chi connectivity index (χ2v) is 5.30. The van der Waals surface area contributed by atoms with Crippen LogP contribution in [0.15, 0.2) is 41.1 Å². The van der Waals surface area contributed by atoms with Gasteiger partial charge in [0, 0.05) is 22.3 Å². The van der Waals surface area contributed by atoms with Crippen molar-refractivity contribution in [1.82, 2.24) is 14.8 Å². The van der Waals surface area contributed by atoms with Crippen LogP contribution in [0.4, 0.5) is 0 Å². The largest absolute Gasteiger partial charge is 0.237 e. The lowest BCUT2D eigenvalue weighted by Crippen LogP contribution is -1.95. The standard InChI is InChI=1S/C13H9BrClN3/c1-8-5-9-7-18(17-13(9)16-6-8)11-4-2-3-10(14)12(11)15/h2-7H,1H3. The van der Waals surface area contributed by atoms with Gasteiger partial charge in [-0.05, 0) is 46.6 Å². The van der Waals surface area contributed by atoms with Gasteiger partial charge in [-0.25, -0.2) is 9.67 Å². The molecule has 0 unspecified atom stereocenters. The molecule has 0 spiro atoms. The molecular formula is C13H9BrClN3. The van der Waals surface area contributed by atoms with E-state index >= 15 is 0 Å². The summed E-state index contributed by atoms with van der Waals surface area (Å²) in [6.45, 7) is 2.01. The first-order valence-corrected chi connectivity index (χ1v) is 6.58. The van der Waals surface area contributed by atoms with Crippen molar-refractivity contribution in [2.45, 2.75) is 6.92 Å². The van der Waals surface area contributed by atoms with Gasteiger partial charge >= 0.3 is 0 Å². The van der Waals surface area contributed by atoms with Gasteiger partial charge in [0.05, 0.1) is 10.7 Å². The van der Waals surface area contributed by atoms with E-state index in [1.807, 2.05) is 37.5 Å². The zero-order chi connectivity index (χ0) is 12.7. The Hall–Kier alpha value is -1.39. The monoisotopic (exact) mass is 321 g/mol. The first-order chi connectivity index (χ1) is 8.65. The van der Waals surface area contributed by atoms with E-state index in [2.05, 4.69) is 32.1 Å². The minimum absolute atomic E-state index is 0.641. The fourth-order valence-electron chi connectivity index (χ4n) is 1.82. The van der Waals surface area contributed by atoms with E-state index in [0.717, 1.165) is 26.8 Å². The van der Waals surface area contributed by atoms with Crippen molar-refractivity contribution in [3.05, 3.63) is 51.7 Å². The molecule has 0 aliphatic heterocycles. The molecule has 0 atom stereocenters. The van der Waals surface area contributed by atoms with Crippen LogP contribution >= 0.6 is 27.5 Å². The van der Waals surface area contributed by atoms with Crippen molar-refractivity contribution >= 4 is 38.6 Å². The van der Waals surface area contributed by atoms with E-state index in [4.69, 9.17) is 11.6 Å². The summed E-state index contributed by atoms with van der Waals surface area (Å²) < 4.78 is 2.61. The molecule has 3 aromatic rings. The molecule has 0 amide bonds. The van der Waals surface area contributed by atoms with E-state index in [0.29, 0.717) is 5.02 Å². The molecule has 1 aromatic carbocycles. The number of aromatic nitrogens is 3. The van der Waals surface area contributed by atoms with Crippen LogP contribution in [0.3, 0.4) is 0 Å². The van der Waals surface area contributed by atoms with Crippen molar-refractivity contribution in [3.63, 3.8) is 0 Å². The number of rotatable bonds is 1. The lowest BCUT2D eigenvalue weighted by Gasteiger charge is -2.04. The molecule has 0 aliphatic carbocycles. The van der Waals surface area contributed by atoms with Gasteiger partial charge in [-0.2, -0.15) is 0 Å². The summed E-state index contributed by atoms with van der Waals surface area (Å²) >= 11 is 9.67. The number of nitrogens with zero attached hydrogens (tertiary/aromatic N) is 3. The third-order valence-corrected chi connectivity index (χ3v) is 3.96. The Morgan fingerprint density at radius 3 is 3.00 bits per heavy atom. The fraction of sp³-hybridized carbons (Fsp3) is 0.0769. The number of aryl methyl sites for hydroxylation is 1. The Labute approximate surface area is 118 Å². The minimum Gasteiger partial charge on any atom is -0.237 e. The number of hydrogen-bond acceptors (Lipinski definition) is 2. The normalized spacial score (nSPS) is 11.1. The molecule has 0 aliphatic rings. The van der Waals surface area contributed by atoms with Crippen molar-refractivity contribution in [1.29, 1.82) is 0 Å². The van der Waals surface area contributed by atoms with Gasteiger partial charge in [0.25, 0.3) is 0 Å². The first kappa shape index (κ1) is 11.7. The molecular weight excluding hydrogens is 314 g/mol. The summed E-state index contributed by atoms with van der Waals surface area (Å²) in [6, 6.07) is 7.80. The summed E-state index contributed by atoms with van der Waals surface area (Å²) in [5.41, 5.74) is 2.67. The quantitative estimate of drug-likeness (QED) is 0.674. The lowest BCUT2D eigenvalue weighted by atomic mass is 10.2. The van der Waals surface area contributed by atoms with E-state index in [1.54, 1.807) is 4.68 Å². The number of hydrogen-bond donors (Lipinski definition) is 0. The topological polar surface area (TPSA) is 30.7 Å². The van der Waals surface area contributed by atoms with Gasteiger partial charge in [-0.15, -0.1) is 5.10 Å². The molecule has 18 heavy (non-hydrogen) atoms. The Kier molecular flexibility index (Phi) is 2.84. The third kappa shape index (κ3) is 1.91. The number of benzene rings is 1. The van der Waals surface area contributed by atoms with Crippen LogP contribution in [0.2, 0.25) is 5.02 Å². The van der Waals surface area contributed by atoms with Gasteiger partial charge in [0.1, 0.15) is 0 Å². The third-order valence-electron chi connectivity index (χ3n) is 2.67. The maximum absolute atomic E-state index is 6.26. The Morgan fingerprint density at radius 1 is 1.33 bits per heavy atom. The van der Waals surface area contributed by atoms with Crippen LogP contribution in [-0.2, 0) is 0 Å². The first-order valence-electron chi connectivity index (χ1n) is 5.41. The van der Waals surface area contributed by atoms with E-state index in [1.165, 1.54) is 0 Å². The van der Waals surface area contributed by atoms with Crippen LogP contribution in [0, 0.1) is 6.92 Å². The van der Waals surface area contributed by atoms with E-state index < -0.39 is 0 Å². The highest BCUT2D eigenvalue weighted by Gasteiger charge is 2.09. The average Bonchev–Trinajstić information content (AvgIpc) is 2.75. The van der Waals surface area contributed by atoms with Crippen molar-refractivity contribution in [2.75, 3.05) is 0 Å². The van der Waals surface area contributed by atoms with Crippen molar-refractivity contribution < 1.29 is 0 Å². The van der Waals surface area contributed by atoms with E-state index in [-0.39, 0.29) is 0 Å². The molecule has 5 heteroatoms. The van der Waals surface area contributed by atoms with Gasteiger partial charge in [-0.3, -0.25) is 0 Å². The maximum atomic E-state index is 6.26. The van der Waals surface area contributed by atoms with Crippen LogP contribution in [0.1, 0.15) is 5.56 Å². The van der Waals surface area contributed by atoms with Crippen molar-refractivity contribution in [2.24, 2.45) is 0 Å². The maximum Gasteiger partial charge on any atom is 0.181 e. The molecule has 2 heterocycles. The van der Waals surface area contributed by atoms with Gasteiger partial charge in [0.2, 0.25) is 0 Å². The second-order valence-electron chi connectivity index (χ2n) is 4.07. The summed E-state index contributed by atoms with van der Waals surface area (Å²) in [6.07, 6.45) is 3.74. The second kappa shape index (κ2) is 4.37. The minimum atomic E-state index is 0.641. The molecule has 2 aromatic heterocycles. The predicted molar refractivity (Wildman–Crippen MR) is 76.3 cm³/mol. The zero-order valence-corrected chi connectivity index (χ0v) is 11.9. The van der Waals surface area contributed by atoms with Crippen LogP contribution in [0.5, 0.6) is 0 Å². The van der Waals surface area contributed by atoms with Gasteiger partial charge < -0.3 is 0 Å². The summed E-state index contributed by atoms with van der Waals surface area (Å²) in [5.74, 6) is 0. The summed E-state index contributed by atoms with van der Waals surface area (Å²) in [4.78, 5) is 4.29. The fourth-order valence-corrected chi connectivity index (χ4v) is 2.39. The Balaban J connectivity index is 2.22. The molecule has 0 fully saturated rings. The summed E-state index contributed by atoms with van der Waals surface area (Å²) in [5, 5.41) is 6.07. The Morgan fingerprint density at radius 2 is 2.17 bits per heavy atom. The zero-order valence-electron chi connectivity index (χ0n) is 9.56. The van der Waals surface area contributed by atoms with Crippen LogP contribution in [-0.4, -0.2) is 14.8 Å². The van der Waals surface area contributed by atoms with Gasteiger partial charge in [-0.1, -0.05) is 17.7 Å². The highest BCUT2D eigenvalue weighted by atomic mass is 79.9. The lowest BCUT2D eigenvalue weighted by molar-refractivity contribution is 0.889. The molecule has 3 rings (SSSR count). The van der Waals surface area contributed by atoms with Crippen LogP contribution in [0.25, 0.3) is 16.7 Å². The predicted octanol–water partition coefficient (Wildman–Crippen LogP) is 4.14. The highest BCUT2D eigenvalue weighted by molar-refractivity contribution is 9.10. The highest BCUT2D eigenvalue weighted by Crippen LogP contribution is 2.29. The molecule has 0 saturated carbocycles. The molecule has 90 valence electrons. The Bertz CT molecular complexity index is 736. The molecule has 0 radical (unpaired) electrons. The molecule has 0 N–H and O–H groups in total. The summed E-state index contributed by atoms with van der Waals surface area (Å²) in [7, 11) is 0.